The van der Waals surface area contributed by atoms with Gasteiger partial charge in [0.15, 0.2) is 0 Å². The second kappa shape index (κ2) is 6.54. The molecule has 5 nitrogen and oxygen atoms in total. The third-order valence-corrected chi connectivity index (χ3v) is 4.03. The molecule has 0 saturated heterocycles. The average Bonchev–Trinajstić information content (AvgIpc) is 2.72. The summed E-state index contributed by atoms with van der Waals surface area (Å²) in [5, 5.41) is 5.67. The molecule has 0 radical (unpaired) electrons. The number of halogens is 2. The zero-order valence-corrected chi connectivity index (χ0v) is 12.9. The van der Waals surface area contributed by atoms with E-state index < -0.39 is 0 Å². The molecule has 0 fully saturated rings. The molecule has 0 bridgehead atoms. The van der Waals surface area contributed by atoms with Gasteiger partial charge in [0.2, 0.25) is 0 Å². The van der Waals surface area contributed by atoms with Crippen molar-refractivity contribution in [1.82, 2.24) is 20.2 Å². The highest BCUT2D eigenvalue weighted by atomic mass is 35.5. The molecule has 3 N–H and O–H groups in total. The monoisotopic (exact) mass is 313 g/mol. The van der Waals surface area contributed by atoms with E-state index in [1.165, 1.54) is 0 Å². The molecule has 1 unspecified atom stereocenters. The lowest BCUT2D eigenvalue weighted by Gasteiger charge is -2.17. The van der Waals surface area contributed by atoms with E-state index >= 15 is 0 Å². The third kappa shape index (κ3) is 2.96. The first-order valence-electron chi connectivity index (χ1n) is 6.34. The maximum Gasteiger partial charge on any atom is 0.0850 e. The van der Waals surface area contributed by atoms with Crippen molar-refractivity contribution >= 4 is 23.2 Å². The van der Waals surface area contributed by atoms with Crippen molar-refractivity contribution in [2.24, 2.45) is 12.9 Å². The fourth-order valence-electron chi connectivity index (χ4n) is 2.16. The van der Waals surface area contributed by atoms with E-state index in [1.54, 1.807) is 17.1 Å². The standard InChI is InChI=1S/C13H17Cl2N5/c1-3-10-13(15)12(20(2)19-10)6-11(18-16)8-4-5-17-7-9(8)14/h4-5,7,11,18H,3,6,16H2,1-2H3. The Kier molecular flexibility index (Phi) is 4.99. The van der Waals surface area contributed by atoms with Crippen LogP contribution in [-0.2, 0) is 19.9 Å². The lowest BCUT2D eigenvalue weighted by atomic mass is 10.0. The highest BCUT2D eigenvalue weighted by molar-refractivity contribution is 6.32. The summed E-state index contributed by atoms with van der Waals surface area (Å²) in [7, 11) is 1.88. The van der Waals surface area contributed by atoms with Crippen molar-refractivity contribution in [3.8, 4) is 0 Å². The molecular formula is C13H17Cl2N5. The first-order chi connectivity index (χ1) is 9.58. The van der Waals surface area contributed by atoms with Crippen molar-refractivity contribution in [2.45, 2.75) is 25.8 Å². The van der Waals surface area contributed by atoms with Crippen LogP contribution in [0.2, 0.25) is 10.0 Å². The number of hydrogen-bond acceptors (Lipinski definition) is 4. The molecule has 7 heteroatoms. The predicted molar refractivity (Wildman–Crippen MR) is 80.6 cm³/mol. The Morgan fingerprint density at radius 3 is 2.75 bits per heavy atom. The van der Waals surface area contributed by atoms with Crippen molar-refractivity contribution in [3.05, 3.63) is 45.5 Å². The molecule has 0 aliphatic carbocycles. The Labute approximate surface area is 128 Å². The quantitative estimate of drug-likeness (QED) is 0.657. The molecule has 0 aliphatic heterocycles. The Balaban J connectivity index is 2.32. The van der Waals surface area contributed by atoms with Crippen molar-refractivity contribution in [2.75, 3.05) is 0 Å². The largest absolute Gasteiger partial charge is 0.271 e. The molecule has 1 atom stereocenters. The van der Waals surface area contributed by atoms with Gasteiger partial charge >= 0.3 is 0 Å². The molecule has 2 rings (SSSR count). The average molecular weight is 314 g/mol. The molecule has 20 heavy (non-hydrogen) atoms. The summed E-state index contributed by atoms with van der Waals surface area (Å²) in [6, 6.07) is 1.70. The number of hydrazine groups is 1. The summed E-state index contributed by atoms with van der Waals surface area (Å²) in [5.74, 6) is 5.66. The first kappa shape index (κ1) is 15.3. The number of nitrogens with one attached hydrogen (secondary N) is 1. The molecule has 2 aromatic rings. The Hall–Kier alpha value is -1.14. The zero-order valence-electron chi connectivity index (χ0n) is 11.4. The molecule has 0 aromatic carbocycles. The maximum atomic E-state index is 6.36. The number of aromatic nitrogens is 3. The molecule has 108 valence electrons. The van der Waals surface area contributed by atoms with Gasteiger partial charge in [-0.1, -0.05) is 30.1 Å². The predicted octanol–water partition coefficient (Wildman–Crippen LogP) is 2.43. The van der Waals surface area contributed by atoms with Crippen LogP contribution < -0.4 is 11.3 Å². The maximum absolute atomic E-state index is 6.36. The van der Waals surface area contributed by atoms with Crippen molar-refractivity contribution < 1.29 is 0 Å². The highest BCUT2D eigenvalue weighted by Gasteiger charge is 2.20. The molecule has 0 saturated carbocycles. The van der Waals surface area contributed by atoms with Crippen LogP contribution in [0.4, 0.5) is 0 Å². The number of rotatable bonds is 5. The first-order valence-corrected chi connectivity index (χ1v) is 7.09. The van der Waals surface area contributed by atoms with Gasteiger partial charge in [-0.25, -0.2) is 0 Å². The van der Waals surface area contributed by atoms with Gasteiger partial charge in [-0.3, -0.25) is 20.9 Å². The lowest BCUT2D eigenvalue weighted by Crippen LogP contribution is -2.30. The molecule has 2 heterocycles. The second-order valence-electron chi connectivity index (χ2n) is 4.51. The SMILES string of the molecule is CCc1nn(C)c(CC(NN)c2ccncc2Cl)c1Cl. The second-order valence-corrected chi connectivity index (χ2v) is 5.29. The van der Waals surface area contributed by atoms with Gasteiger partial charge in [-0.05, 0) is 18.1 Å². The molecular weight excluding hydrogens is 297 g/mol. The summed E-state index contributed by atoms with van der Waals surface area (Å²) in [4.78, 5) is 3.98. The van der Waals surface area contributed by atoms with Gasteiger partial charge in [0.1, 0.15) is 0 Å². The summed E-state index contributed by atoms with van der Waals surface area (Å²) < 4.78 is 1.79. The minimum Gasteiger partial charge on any atom is -0.271 e. The Bertz CT molecular complexity index is 596. The van der Waals surface area contributed by atoms with Gasteiger partial charge < -0.3 is 0 Å². The normalized spacial score (nSPS) is 12.7. The van der Waals surface area contributed by atoms with E-state index in [4.69, 9.17) is 29.0 Å². The van der Waals surface area contributed by atoms with Gasteiger partial charge in [-0.15, -0.1) is 0 Å². The van der Waals surface area contributed by atoms with Gasteiger partial charge in [0.05, 0.1) is 27.5 Å². The van der Waals surface area contributed by atoms with Crippen molar-refractivity contribution in [1.29, 1.82) is 0 Å². The molecule has 2 aromatic heterocycles. The summed E-state index contributed by atoms with van der Waals surface area (Å²) in [6.07, 6.45) is 4.68. The van der Waals surface area contributed by atoms with Crippen LogP contribution in [0.25, 0.3) is 0 Å². The molecule has 0 spiro atoms. The number of nitrogens with two attached hydrogens (primary N) is 1. The summed E-state index contributed by atoms with van der Waals surface area (Å²) in [5.41, 5.74) is 5.49. The van der Waals surface area contributed by atoms with E-state index in [1.807, 2.05) is 20.0 Å². The third-order valence-electron chi connectivity index (χ3n) is 3.28. The van der Waals surface area contributed by atoms with E-state index in [9.17, 15) is 0 Å². The smallest absolute Gasteiger partial charge is 0.0850 e. The number of nitrogens with zero attached hydrogens (tertiary/aromatic N) is 3. The van der Waals surface area contributed by atoms with Crippen LogP contribution in [0, 0.1) is 0 Å². The van der Waals surface area contributed by atoms with E-state index in [-0.39, 0.29) is 6.04 Å². The topological polar surface area (TPSA) is 68.8 Å². The van der Waals surface area contributed by atoms with Crippen LogP contribution in [0.3, 0.4) is 0 Å². The van der Waals surface area contributed by atoms with E-state index in [2.05, 4.69) is 15.5 Å². The van der Waals surface area contributed by atoms with Crippen LogP contribution in [0.5, 0.6) is 0 Å². The van der Waals surface area contributed by atoms with Crippen LogP contribution in [-0.4, -0.2) is 14.8 Å². The fourth-order valence-corrected chi connectivity index (χ4v) is 2.78. The van der Waals surface area contributed by atoms with Crippen LogP contribution in [0.15, 0.2) is 18.5 Å². The Morgan fingerprint density at radius 1 is 1.45 bits per heavy atom. The molecule has 0 aliphatic rings. The Morgan fingerprint density at radius 2 is 2.20 bits per heavy atom. The van der Waals surface area contributed by atoms with Gasteiger partial charge in [0, 0.05) is 25.9 Å². The number of pyridine rings is 1. The minimum atomic E-state index is -0.150. The van der Waals surface area contributed by atoms with Crippen LogP contribution in [0.1, 0.15) is 29.9 Å². The highest BCUT2D eigenvalue weighted by Crippen LogP contribution is 2.28. The molecule has 0 amide bonds. The fraction of sp³-hybridized carbons (Fsp3) is 0.385. The van der Waals surface area contributed by atoms with Crippen molar-refractivity contribution in [3.63, 3.8) is 0 Å². The van der Waals surface area contributed by atoms with E-state index in [0.717, 1.165) is 23.4 Å². The van der Waals surface area contributed by atoms with E-state index in [0.29, 0.717) is 16.5 Å². The van der Waals surface area contributed by atoms with Gasteiger partial charge in [-0.2, -0.15) is 5.10 Å². The number of aryl methyl sites for hydroxylation is 2. The zero-order chi connectivity index (χ0) is 14.7. The summed E-state index contributed by atoms with van der Waals surface area (Å²) >= 11 is 12.5. The van der Waals surface area contributed by atoms with Gasteiger partial charge in [0.25, 0.3) is 0 Å². The lowest BCUT2D eigenvalue weighted by molar-refractivity contribution is 0.529. The minimum absolute atomic E-state index is 0.150. The van der Waals surface area contributed by atoms with Crippen LogP contribution >= 0.6 is 23.2 Å². The summed E-state index contributed by atoms with van der Waals surface area (Å²) in [6.45, 7) is 2.02. The number of hydrogen-bond donors (Lipinski definition) is 2.